The number of nitrogens with zero attached hydrogens (tertiary/aromatic N) is 2. The van der Waals surface area contributed by atoms with Gasteiger partial charge in [-0.15, -0.1) is 0 Å². The SMILES string of the molecule is COCc1cc2c(cc1-c1cnn(C)c1N)OCO2. The zero-order chi connectivity index (χ0) is 13.4. The number of methoxy groups -OCH3 is 1. The van der Waals surface area contributed by atoms with Crippen molar-refractivity contribution in [2.45, 2.75) is 6.61 Å². The zero-order valence-electron chi connectivity index (χ0n) is 10.8. The number of benzene rings is 1. The lowest BCUT2D eigenvalue weighted by atomic mass is 10.0. The fraction of sp³-hybridized carbons (Fsp3) is 0.308. The van der Waals surface area contributed by atoms with Crippen molar-refractivity contribution in [2.24, 2.45) is 7.05 Å². The van der Waals surface area contributed by atoms with Crippen molar-refractivity contribution in [3.8, 4) is 22.6 Å². The average molecular weight is 261 g/mol. The van der Waals surface area contributed by atoms with Crippen LogP contribution in [0.3, 0.4) is 0 Å². The normalized spacial score (nSPS) is 12.9. The Balaban J connectivity index is 2.16. The summed E-state index contributed by atoms with van der Waals surface area (Å²) in [5.41, 5.74) is 8.85. The number of nitrogen functional groups attached to an aromatic ring is 1. The molecule has 0 bridgehead atoms. The molecule has 100 valence electrons. The lowest BCUT2D eigenvalue weighted by molar-refractivity contribution is 0.173. The van der Waals surface area contributed by atoms with Crippen molar-refractivity contribution in [3.63, 3.8) is 0 Å². The number of hydrogen-bond donors (Lipinski definition) is 1. The first kappa shape index (κ1) is 11.9. The van der Waals surface area contributed by atoms with Crippen LogP contribution in [-0.2, 0) is 18.4 Å². The van der Waals surface area contributed by atoms with Crippen molar-refractivity contribution in [1.82, 2.24) is 9.78 Å². The summed E-state index contributed by atoms with van der Waals surface area (Å²) in [7, 11) is 3.46. The first-order valence-corrected chi connectivity index (χ1v) is 5.90. The van der Waals surface area contributed by atoms with Gasteiger partial charge in [-0.25, -0.2) is 0 Å². The molecule has 0 unspecified atom stereocenters. The van der Waals surface area contributed by atoms with Gasteiger partial charge in [0.15, 0.2) is 11.5 Å². The van der Waals surface area contributed by atoms with Crippen LogP contribution in [0.5, 0.6) is 11.5 Å². The van der Waals surface area contributed by atoms with E-state index in [1.165, 1.54) is 0 Å². The molecule has 1 aliphatic heterocycles. The third kappa shape index (κ3) is 1.90. The summed E-state index contributed by atoms with van der Waals surface area (Å²) in [4.78, 5) is 0. The second kappa shape index (κ2) is 4.47. The van der Waals surface area contributed by atoms with Gasteiger partial charge in [-0.2, -0.15) is 5.10 Å². The van der Waals surface area contributed by atoms with Crippen molar-refractivity contribution < 1.29 is 14.2 Å². The van der Waals surface area contributed by atoms with E-state index in [4.69, 9.17) is 19.9 Å². The van der Waals surface area contributed by atoms with Crippen LogP contribution < -0.4 is 15.2 Å². The minimum Gasteiger partial charge on any atom is -0.454 e. The van der Waals surface area contributed by atoms with Crippen molar-refractivity contribution in [3.05, 3.63) is 23.9 Å². The lowest BCUT2D eigenvalue weighted by Gasteiger charge is -2.10. The maximum Gasteiger partial charge on any atom is 0.231 e. The Morgan fingerprint density at radius 2 is 2.05 bits per heavy atom. The molecule has 3 rings (SSSR count). The summed E-state index contributed by atoms with van der Waals surface area (Å²) in [5.74, 6) is 2.06. The monoisotopic (exact) mass is 261 g/mol. The van der Waals surface area contributed by atoms with Gasteiger partial charge in [-0.3, -0.25) is 4.68 Å². The van der Waals surface area contributed by atoms with E-state index >= 15 is 0 Å². The van der Waals surface area contributed by atoms with Crippen molar-refractivity contribution in [1.29, 1.82) is 0 Å². The van der Waals surface area contributed by atoms with Crippen LogP contribution in [-0.4, -0.2) is 23.7 Å². The summed E-state index contributed by atoms with van der Waals surface area (Å²) in [6, 6.07) is 3.84. The van der Waals surface area contributed by atoms with Gasteiger partial charge in [0, 0.05) is 19.7 Å². The number of aryl methyl sites for hydroxylation is 1. The number of anilines is 1. The lowest BCUT2D eigenvalue weighted by Crippen LogP contribution is -1.99. The maximum atomic E-state index is 6.03. The maximum absolute atomic E-state index is 6.03. The Morgan fingerprint density at radius 3 is 2.68 bits per heavy atom. The van der Waals surface area contributed by atoms with E-state index in [2.05, 4.69) is 5.10 Å². The molecule has 0 saturated heterocycles. The van der Waals surface area contributed by atoms with Gasteiger partial charge in [-0.05, 0) is 23.3 Å². The first-order valence-electron chi connectivity index (χ1n) is 5.90. The molecule has 0 radical (unpaired) electrons. The molecule has 1 aromatic carbocycles. The van der Waals surface area contributed by atoms with Crippen LogP contribution in [0.25, 0.3) is 11.1 Å². The first-order chi connectivity index (χ1) is 9.20. The predicted octanol–water partition coefficient (Wildman–Crippen LogP) is 1.54. The fourth-order valence-electron chi connectivity index (χ4n) is 2.16. The van der Waals surface area contributed by atoms with Gasteiger partial charge in [-0.1, -0.05) is 0 Å². The predicted molar refractivity (Wildman–Crippen MR) is 69.9 cm³/mol. The summed E-state index contributed by atoms with van der Waals surface area (Å²) in [5, 5.41) is 4.17. The highest BCUT2D eigenvalue weighted by Gasteiger charge is 2.20. The number of nitrogens with two attached hydrogens (primary N) is 1. The van der Waals surface area contributed by atoms with Gasteiger partial charge in [0.2, 0.25) is 6.79 Å². The third-order valence-electron chi connectivity index (χ3n) is 3.17. The van der Waals surface area contributed by atoms with Crippen LogP contribution >= 0.6 is 0 Å². The molecule has 0 spiro atoms. The summed E-state index contributed by atoms with van der Waals surface area (Å²) >= 11 is 0. The standard InChI is InChI=1S/C13H15N3O3/c1-16-13(14)10(5-15-16)9-4-12-11(18-7-19-12)3-8(9)6-17-2/h3-5H,6-7,14H2,1-2H3. The van der Waals surface area contributed by atoms with Gasteiger partial charge in [0.05, 0.1) is 12.8 Å². The molecule has 1 aromatic heterocycles. The molecule has 6 heteroatoms. The molecule has 0 amide bonds. The Bertz CT molecular complexity index is 622. The number of aromatic nitrogens is 2. The number of hydrogen-bond acceptors (Lipinski definition) is 5. The van der Waals surface area contributed by atoms with Crippen LogP contribution in [0.15, 0.2) is 18.3 Å². The van der Waals surface area contributed by atoms with Gasteiger partial charge in [0.25, 0.3) is 0 Å². The smallest absolute Gasteiger partial charge is 0.231 e. The Labute approximate surface area is 110 Å². The molecule has 2 N–H and O–H groups in total. The fourth-order valence-corrected chi connectivity index (χ4v) is 2.16. The van der Waals surface area contributed by atoms with Gasteiger partial charge in [0.1, 0.15) is 5.82 Å². The van der Waals surface area contributed by atoms with E-state index < -0.39 is 0 Å². The number of ether oxygens (including phenoxy) is 3. The molecule has 0 saturated carbocycles. The molecule has 6 nitrogen and oxygen atoms in total. The largest absolute Gasteiger partial charge is 0.454 e. The zero-order valence-corrected chi connectivity index (χ0v) is 10.8. The van der Waals surface area contributed by atoms with Crippen molar-refractivity contribution >= 4 is 5.82 Å². The van der Waals surface area contributed by atoms with Crippen LogP contribution in [0.1, 0.15) is 5.56 Å². The van der Waals surface area contributed by atoms with E-state index in [0.717, 1.165) is 28.2 Å². The second-order valence-corrected chi connectivity index (χ2v) is 4.36. The molecule has 0 fully saturated rings. The van der Waals surface area contributed by atoms with Crippen LogP contribution in [0.2, 0.25) is 0 Å². The molecule has 2 heterocycles. The van der Waals surface area contributed by atoms with Crippen LogP contribution in [0.4, 0.5) is 5.82 Å². The molecule has 0 atom stereocenters. The highest BCUT2D eigenvalue weighted by Crippen LogP contribution is 2.40. The topological polar surface area (TPSA) is 71.5 Å². The molecule has 1 aliphatic rings. The Morgan fingerprint density at radius 1 is 1.32 bits per heavy atom. The Kier molecular flexibility index (Phi) is 2.79. The number of fused-ring (bicyclic) bond motifs is 1. The molecule has 2 aromatic rings. The quantitative estimate of drug-likeness (QED) is 0.907. The average Bonchev–Trinajstić information content (AvgIpc) is 2.97. The summed E-state index contributed by atoms with van der Waals surface area (Å²) < 4.78 is 17.7. The second-order valence-electron chi connectivity index (χ2n) is 4.36. The molecule has 19 heavy (non-hydrogen) atoms. The minimum absolute atomic E-state index is 0.244. The Hall–Kier alpha value is -2.21. The van der Waals surface area contributed by atoms with Gasteiger partial charge < -0.3 is 19.9 Å². The van der Waals surface area contributed by atoms with E-state index in [1.54, 1.807) is 18.0 Å². The third-order valence-corrected chi connectivity index (χ3v) is 3.17. The summed E-state index contributed by atoms with van der Waals surface area (Å²) in [6.07, 6.45) is 1.74. The van der Waals surface area contributed by atoms with E-state index in [1.807, 2.05) is 19.2 Å². The van der Waals surface area contributed by atoms with E-state index in [0.29, 0.717) is 12.4 Å². The highest BCUT2D eigenvalue weighted by atomic mass is 16.7. The van der Waals surface area contributed by atoms with Gasteiger partial charge >= 0.3 is 0 Å². The number of rotatable bonds is 3. The van der Waals surface area contributed by atoms with E-state index in [-0.39, 0.29) is 6.79 Å². The minimum atomic E-state index is 0.244. The van der Waals surface area contributed by atoms with Crippen molar-refractivity contribution in [2.75, 3.05) is 19.6 Å². The van der Waals surface area contributed by atoms with E-state index in [9.17, 15) is 0 Å². The van der Waals surface area contributed by atoms with Crippen LogP contribution in [0, 0.1) is 0 Å². The molecule has 0 aliphatic carbocycles. The molecular formula is C13H15N3O3. The highest BCUT2D eigenvalue weighted by molar-refractivity contribution is 5.78. The summed E-state index contributed by atoms with van der Waals surface area (Å²) in [6.45, 7) is 0.716. The molecular weight excluding hydrogens is 246 g/mol.